The van der Waals surface area contributed by atoms with Gasteiger partial charge in [-0.1, -0.05) is 13.0 Å². The Bertz CT molecular complexity index is 1030. The molecule has 170 valence electrons. The molecule has 1 fully saturated rings. The van der Waals surface area contributed by atoms with Crippen molar-refractivity contribution in [2.75, 3.05) is 29.6 Å². The number of ether oxygens (including phenoxy) is 1. The molecule has 2 atom stereocenters. The van der Waals surface area contributed by atoms with Crippen molar-refractivity contribution < 1.29 is 9.13 Å². The standard InChI is InChI=1S/C22H28FN7OS/c1-3-17(18-7-4-10-25-18)26-21-27-20(24)28-22(29-21)30(13-15-6-5-11-32-15)14-8-9-19(31-2)16(23)12-14/h5-6,8-9,11-12,17-18,25H,3-4,7,10,13H2,1-2H3,(H3,24,26,27,28,29). The van der Waals surface area contributed by atoms with E-state index in [0.717, 1.165) is 30.7 Å². The lowest BCUT2D eigenvalue weighted by Crippen LogP contribution is -2.40. The third-order valence-corrected chi connectivity index (χ3v) is 6.42. The van der Waals surface area contributed by atoms with Crippen molar-refractivity contribution in [3.05, 3.63) is 46.4 Å². The second-order valence-electron chi connectivity index (χ2n) is 7.66. The zero-order chi connectivity index (χ0) is 22.5. The maximum absolute atomic E-state index is 14.5. The van der Waals surface area contributed by atoms with Crippen LogP contribution in [-0.4, -0.2) is 40.7 Å². The summed E-state index contributed by atoms with van der Waals surface area (Å²) in [5, 5.41) is 8.95. The second kappa shape index (κ2) is 10.1. The van der Waals surface area contributed by atoms with Gasteiger partial charge in [0, 0.05) is 28.7 Å². The Balaban J connectivity index is 1.68. The van der Waals surface area contributed by atoms with E-state index in [9.17, 15) is 4.39 Å². The Labute approximate surface area is 191 Å². The topological polar surface area (TPSA) is 101 Å². The molecule has 4 rings (SSSR count). The summed E-state index contributed by atoms with van der Waals surface area (Å²) in [6.07, 6.45) is 3.18. The third-order valence-electron chi connectivity index (χ3n) is 5.56. The average molecular weight is 458 g/mol. The van der Waals surface area contributed by atoms with Crippen LogP contribution >= 0.6 is 11.3 Å². The fourth-order valence-electron chi connectivity index (χ4n) is 3.93. The smallest absolute Gasteiger partial charge is 0.236 e. The number of hydrogen-bond donors (Lipinski definition) is 3. The lowest BCUT2D eigenvalue weighted by molar-refractivity contribution is 0.386. The zero-order valence-electron chi connectivity index (χ0n) is 18.2. The molecule has 0 bridgehead atoms. The molecule has 2 unspecified atom stereocenters. The van der Waals surface area contributed by atoms with Gasteiger partial charge in [-0.2, -0.15) is 15.0 Å². The molecule has 0 saturated carbocycles. The Kier molecular flexibility index (Phi) is 7.01. The monoisotopic (exact) mass is 457 g/mol. The SMILES string of the molecule is CCC(Nc1nc(N)nc(N(Cc2cccs2)c2ccc(OC)c(F)c2)n1)C1CCCN1. The molecule has 3 aromatic rings. The van der Waals surface area contributed by atoms with Gasteiger partial charge < -0.3 is 26.0 Å². The van der Waals surface area contributed by atoms with Crippen molar-refractivity contribution in [3.8, 4) is 5.75 Å². The lowest BCUT2D eigenvalue weighted by atomic mass is 10.0. The number of hydrogen-bond acceptors (Lipinski definition) is 9. The quantitative estimate of drug-likeness (QED) is 0.444. The van der Waals surface area contributed by atoms with Crippen molar-refractivity contribution in [2.45, 2.75) is 44.8 Å². The minimum Gasteiger partial charge on any atom is -0.494 e. The van der Waals surface area contributed by atoms with Crippen molar-refractivity contribution in [1.82, 2.24) is 20.3 Å². The lowest BCUT2D eigenvalue weighted by Gasteiger charge is -2.26. The van der Waals surface area contributed by atoms with Crippen LogP contribution in [0.1, 0.15) is 31.1 Å². The van der Waals surface area contributed by atoms with Crippen LogP contribution in [0.25, 0.3) is 0 Å². The first-order chi connectivity index (χ1) is 15.6. The number of anilines is 4. The van der Waals surface area contributed by atoms with Gasteiger partial charge in [-0.3, -0.25) is 0 Å². The van der Waals surface area contributed by atoms with Crippen molar-refractivity contribution in [3.63, 3.8) is 0 Å². The molecule has 1 aromatic carbocycles. The van der Waals surface area contributed by atoms with Gasteiger partial charge in [0.25, 0.3) is 0 Å². The predicted molar refractivity (Wildman–Crippen MR) is 126 cm³/mol. The molecular formula is C22H28FN7OS. The van der Waals surface area contributed by atoms with Gasteiger partial charge in [-0.25, -0.2) is 4.39 Å². The largest absolute Gasteiger partial charge is 0.494 e. The van der Waals surface area contributed by atoms with E-state index in [1.54, 1.807) is 23.5 Å². The van der Waals surface area contributed by atoms with E-state index in [4.69, 9.17) is 10.5 Å². The fraction of sp³-hybridized carbons (Fsp3) is 0.409. The van der Waals surface area contributed by atoms with E-state index in [0.29, 0.717) is 30.2 Å². The van der Waals surface area contributed by atoms with Gasteiger partial charge in [-0.15, -0.1) is 11.3 Å². The number of halogens is 1. The summed E-state index contributed by atoms with van der Waals surface area (Å²) in [7, 11) is 1.44. The Morgan fingerprint density at radius 3 is 2.88 bits per heavy atom. The number of nitrogens with two attached hydrogens (primary N) is 1. The van der Waals surface area contributed by atoms with Crippen LogP contribution < -0.4 is 26.0 Å². The average Bonchev–Trinajstić information content (AvgIpc) is 3.50. The second-order valence-corrected chi connectivity index (χ2v) is 8.70. The number of benzene rings is 1. The fourth-order valence-corrected chi connectivity index (χ4v) is 4.63. The predicted octanol–water partition coefficient (Wildman–Crippen LogP) is 3.94. The molecule has 10 heteroatoms. The molecule has 1 aliphatic heterocycles. The molecule has 1 aliphatic rings. The summed E-state index contributed by atoms with van der Waals surface area (Å²) in [5.41, 5.74) is 6.65. The molecule has 0 spiro atoms. The third kappa shape index (κ3) is 5.08. The van der Waals surface area contributed by atoms with Crippen LogP contribution in [0.15, 0.2) is 35.7 Å². The molecular weight excluding hydrogens is 429 g/mol. The molecule has 0 aliphatic carbocycles. The van der Waals surface area contributed by atoms with Crippen LogP contribution in [0.3, 0.4) is 0 Å². The minimum atomic E-state index is -0.458. The zero-order valence-corrected chi connectivity index (χ0v) is 19.0. The Hall–Kier alpha value is -2.98. The molecule has 4 N–H and O–H groups in total. The van der Waals surface area contributed by atoms with Gasteiger partial charge in [0.05, 0.1) is 13.7 Å². The Morgan fingerprint density at radius 1 is 1.34 bits per heavy atom. The van der Waals surface area contributed by atoms with E-state index in [-0.39, 0.29) is 17.7 Å². The number of nitrogens with one attached hydrogen (secondary N) is 2. The summed E-state index contributed by atoms with van der Waals surface area (Å²) >= 11 is 1.61. The van der Waals surface area contributed by atoms with Gasteiger partial charge in [0.15, 0.2) is 11.6 Å². The number of methoxy groups -OCH3 is 1. The first-order valence-corrected chi connectivity index (χ1v) is 11.6. The van der Waals surface area contributed by atoms with Crippen LogP contribution in [0.2, 0.25) is 0 Å². The molecule has 32 heavy (non-hydrogen) atoms. The van der Waals surface area contributed by atoms with E-state index in [2.05, 4.69) is 32.5 Å². The van der Waals surface area contributed by atoms with Crippen LogP contribution in [0, 0.1) is 5.82 Å². The van der Waals surface area contributed by atoms with E-state index in [1.807, 2.05) is 22.4 Å². The number of nitrogens with zero attached hydrogens (tertiary/aromatic N) is 4. The first kappa shape index (κ1) is 22.2. The number of thiophene rings is 1. The maximum atomic E-state index is 14.5. The van der Waals surface area contributed by atoms with Gasteiger partial charge in [0.1, 0.15) is 0 Å². The van der Waals surface area contributed by atoms with Gasteiger partial charge >= 0.3 is 0 Å². The molecule has 8 nitrogen and oxygen atoms in total. The maximum Gasteiger partial charge on any atom is 0.236 e. The number of aromatic nitrogens is 3. The van der Waals surface area contributed by atoms with Crippen LogP contribution in [0.5, 0.6) is 5.75 Å². The molecule has 3 heterocycles. The van der Waals surface area contributed by atoms with Crippen molar-refractivity contribution in [1.29, 1.82) is 0 Å². The highest BCUT2D eigenvalue weighted by atomic mass is 32.1. The van der Waals surface area contributed by atoms with E-state index in [1.165, 1.54) is 13.2 Å². The highest BCUT2D eigenvalue weighted by Gasteiger charge is 2.25. The summed E-state index contributed by atoms with van der Waals surface area (Å²) in [4.78, 5) is 16.2. The van der Waals surface area contributed by atoms with Crippen LogP contribution in [0.4, 0.5) is 27.9 Å². The highest BCUT2D eigenvalue weighted by molar-refractivity contribution is 7.09. The van der Waals surface area contributed by atoms with E-state index >= 15 is 0 Å². The van der Waals surface area contributed by atoms with Gasteiger partial charge in [-0.05, 0) is 49.4 Å². The normalized spacial score (nSPS) is 16.7. The summed E-state index contributed by atoms with van der Waals surface area (Å²) in [5.74, 6) is 0.597. The summed E-state index contributed by atoms with van der Waals surface area (Å²) in [6, 6.07) is 9.31. The minimum absolute atomic E-state index is 0.108. The highest BCUT2D eigenvalue weighted by Crippen LogP contribution is 2.30. The molecule has 2 aromatic heterocycles. The first-order valence-electron chi connectivity index (χ1n) is 10.7. The van der Waals surface area contributed by atoms with Crippen molar-refractivity contribution in [2.24, 2.45) is 0 Å². The summed E-state index contributed by atoms with van der Waals surface area (Å²) in [6.45, 7) is 3.62. The van der Waals surface area contributed by atoms with E-state index < -0.39 is 5.82 Å². The Morgan fingerprint density at radius 2 is 2.22 bits per heavy atom. The van der Waals surface area contributed by atoms with Crippen LogP contribution in [-0.2, 0) is 6.54 Å². The summed E-state index contributed by atoms with van der Waals surface area (Å²) < 4.78 is 19.6. The van der Waals surface area contributed by atoms with Gasteiger partial charge in [0.2, 0.25) is 17.8 Å². The molecule has 0 radical (unpaired) electrons. The van der Waals surface area contributed by atoms with Crippen molar-refractivity contribution >= 4 is 34.9 Å². The molecule has 1 saturated heterocycles. The molecule has 0 amide bonds. The number of nitrogen functional groups attached to an aromatic ring is 1. The number of rotatable bonds is 9.